The van der Waals surface area contributed by atoms with Crippen molar-refractivity contribution in [3.8, 4) is 5.75 Å². The third-order valence-corrected chi connectivity index (χ3v) is 4.48. The Hall–Kier alpha value is -2.30. The Kier molecular flexibility index (Phi) is 4.37. The van der Waals surface area contributed by atoms with Crippen molar-refractivity contribution in [2.24, 2.45) is 5.92 Å². The Labute approximate surface area is 136 Å². The van der Waals surface area contributed by atoms with E-state index in [4.69, 9.17) is 4.74 Å². The Balaban J connectivity index is 1.57. The zero-order valence-electron chi connectivity index (χ0n) is 13.9. The molecule has 2 aromatic rings. The van der Waals surface area contributed by atoms with Crippen molar-refractivity contribution in [2.45, 2.75) is 39.7 Å². The molecule has 1 aromatic heterocycles. The molecule has 1 atom stereocenters. The van der Waals surface area contributed by atoms with Crippen LogP contribution < -0.4 is 10.1 Å². The van der Waals surface area contributed by atoms with Gasteiger partial charge in [-0.1, -0.05) is 6.07 Å². The van der Waals surface area contributed by atoms with Crippen LogP contribution in [0.15, 0.2) is 30.5 Å². The van der Waals surface area contributed by atoms with E-state index in [2.05, 4.69) is 17.3 Å². The van der Waals surface area contributed by atoms with Gasteiger partial charge in [0.25, 0.3) is 5.91 Å². The number of anilines is 1. The van der Waals surface area contributed by atoms with E-state index >= 15 is 0 Å². The lowest BCUT2D eigenvalue weighted by Gasteiger charge is -2.15. The topological polar surface area (TPSA) is 56.1 Å². The minimum absolute atomic E-state index is 0.00844. The van der Waals surface area contributed by atoms with E-state index in [9.17, 15) is 4.79 Å². The van der Waals surface area contributed by atoms with Gasteiger partial charge in [-0.3, -0.25) is 4.79 Å². The number of nitrogens with one attached hydrogen (secondary N) is 1. The summed E-state index contributed by atoms with van der Waals surface area (Å²) < 4.78 is 7.47. The van der Waals surface area contributed by atoms with Gasteiger partial charge in [-0.05, 0) is 62.8 Å². The predicted molar refractivity (Wildman–Crippen MR) is 89.7 cm³/mol. The molecule has 5 nitrogen and oxygen atoms in total. The first-order chi connectivity index (χ1) is 11.0. The Morgan fingerprint density at radius 3 is 2.83 bits per heavy atom. The first-order valence-corrected chi connectivity index (χ1v) is 8.08. The van der Waals surface area contributed by atoms with Crippen molar-refractivity contribution in [1.29, 1.82) is 0 Å². The van der Waals surface area contributed by atoms with Crippen LogP contribution in [0.1, 0.15) is 36.9 Å². The summed E-state index contributed by atoms with van der Waals surface area (Å²) in [7, 11) is 0. The number of carbonyl (C=O) groups excluding carboxylic acids is 1. The van der Waals surface area contributed by atoms with Crippen LogP contribution in [-0.2, 0) is 4.79 Å². The van der Waals surface area contributed by atoms with Crippen LogP contribution in [0.25, 0.3) is 0 Å². The third kappa shape index (κ3) is 3.73. The van der Waals surface area contributed by atoms with E-state index in [0.29, 0.717) is 17.7 Å². The molecule has 0 aliphatic heterocycles. The van der Waals surface area contributed by atoms with Crippen LogP contribution in [0.5, 0.6) is 5.75 Å². The summed E-state index contributed by atoms with van der Waals surface area (Å²) in [6.45, 7) is 6.21. The molecule has 1 saturated carbocycles. The first-order valence-electron chi connectivity index (χ1n) is 8.08. The second-order valence-corrected chi connectivity index (χ2v) is 6.32. The zero-order valence-corrected chi connectivity index (χ0v) is 13.9. The predicted octanol–water partition coefficient (Wildman–Crippen LogP) is 3.49. The average molecular weight is 313 g/mol. The minimum atomic E-state index is -0.173. The van der Waals surface area contributed by atoms with Gasteiger partial charge in [0.1, 0.15) is 11.6 Å². The van der Waals surface area contributed by atoms with Gasteiger partial charge in [0, 0.05) is 6.07 Å². The lowest BCUT2D eigenvalue weighted by molar-refractivity contribution is -0.118. The lowest BCUT2D eigenvalue weighted by atomic mass is 10.1. The van der Waals surface area contributed by atoms with Crippen molar-refractivity contribution in [3.05, 3.63) is 41.6 Å². The average Bonchev–Trinajstić information content (AvgIpc) is 3.28. The minimum Gasteiger partial charge on any atom is -0.484 e. The van der Waals surface area contributed by atoms with Crippen LogP contribution >= 0.6 is 0 Å². The second kappa shape index (κ2) is 6.44. The number of amides is 1. The van der Waals surface area contributed by atoms with Gasteiger partial charge >= 0.3 is 0 Å². The highest BCUT2D eigenvalue weighted by Crippen LogP contribution is 2.40. The van der Waals surface area contributed by atoms with Gasteiger partial charge in [-0.2, -0.15) is 5.10 Å². The van der Waals surface area contributed by atoms with Crippen molar-refractivity contribution >= 4 is 11.7 Å². The van der Waals surface area contributed by atoms with Crippen LogP contribution in [0.4, 0.5) is 5.82 Å². The SMILES string of the molecule is Cc1ccc(OCC(=O)Nc2ccnn2[C@@H](C)C2CC2)cc1C. The van der Waals surface area contributed by atoms with Crippen LogP contribution in [0.3, 0.4) is 0 Å². The zero-order chi connectivity index (χ0) is 16.4. The summed E-state index contributed by atoms with van der Waals surface area (Å²) in [5.74, 6) is 1.95. The van der Waals surface area contributed by atoms with Crippen LogP contribution in [0, 0.1) is 19.8 Å². The highest BCUT2D eigenvalue weighted by molar-refractivity contribution is 5.91. The molecule has 0 radical (unpaired) electrons. The normalized spacial score (nSPS) is 15.3. The lowest BCUT2D eigenvalue weighted by Crippen LogP contribution is -2.23. The summed E-state index contributed by atoms with van der Waals surface area (Å²) in [5.41, 5.74) is 2.36. The molecule has 1 amide bonds. The molecule has 1 heterocycles. The molecule has 122 valence electrons. The molecule has 1 fully saturated rings. The largest absolute Gasteiger partial charge is 0.484 e. The van der Waals surface area contributed by atoms with E-state index in [1.807, 2.05) is 42.8 Å². The molecule has 23 heavy (non-hydrogen) atoms. The third-order valence-electron chi connectivity index (χ3n) is 4.48. The van der Waals surface area contributed by atoms with Gasteiger partial charge in [-0.25, -0.2) is 4.68 Å². The molecule has 5 heteroatoms. The number of benzene rings is 1. The Morgan fingerprint density at radius 2 is 2.13 bits per heavy atom. The number of carbonyl (C=O) groups is 1. The maximum absolute atomic E-state index is 12.1. The van der Waals surface area contributed by atoms with E-state index < -0.39 is 0 Å². The number of ether oxygens (including phenoxy) is 1. The van der Waals surface area contributed by atoms with Gasteiger partial charge < -0.3 is 10.1 Å². The molecule has 0 unspecified atom stereocenters. The molecule has 0 bridgehead atoms. The van der Waals surface area contributed by atoms with Crippen molar-refractivity contribution in [1.82, 2.24) is 9.78 Å². The molecule has 1 aliphatic carbocycles. The van der Waals surface area contributed by atoms with Gasteiger partial charge in [0.05, 0.1) is 12.2 Å². The molecule has 0 saturated heterocycles. The van der Waals surface area contributed by atoms with Crippen molar-refractivity contribution < 1.29 is 9.53 Å². The maximum atomic E-state index is 12.1. The van der Waals surface area contributed by atoms with Crippen LogP contribution in [0.2, 0.25) is 0 Å². The van der Waals surface area contributed by atoms with Gasteiger partial charge in [0.15, 0.2) is 6.61 Å². The fourth-order valence-electron chi connectivity index (χ4n) is 2.65. The summed E-state index contributed by atoms with van der Waals surface area (Å²) in [6, 6.07) is 7.97. The van der Waals surface area contributed by atoms with Crippen molar-refractivity contribution in [3.63, 3.8) is 0 Å². The number of aryl methyl sites for hydroxylation is 2. The molecule has 0 spiro atoms. The smallest absolute Gasteiger partial charge is 0.263 e. The molecule has 3 rings (SSSR count). The summed E-state index contributed by atoms with van der Waals surface area (Å²) in [4.78, 5) is 12.1. The van der Waals surface area contributed by atoms with E-state index in [0.717, 1.165) is 11.4 Å². The second-order valence-electron chi connectivity index (χ2n) is 6.32. The molecular formula is C18H23N3O2. The Morgan fingerprint density at radius 1 is 1.35 bits per heavy atom. The van der Waals surface area contributed by atoms with Crippen molar-refractivity contribution in [2.75, 3.05) is 11.9 Å². The first kappa shape index (κ1) is 15.6. The fraction of sp³-hybridized carbons (Fsp3) is 0.444. The van der Waals surface area contributed by atoms with E-state index in [1.165, 1.54) is 18.4 Å². The summed E-state index contributed by atoms with van der Waals surface area (Å²) >= 11 is 0. The van der Waals surface area contributed by atoms with Crippen LogP contribution in [-0.4, -0.2) is 22.3 Å². The fourth-order valence-corrected chi connectivity index (χ4v) is 2.65. The van der Waals surface area contributed by atoms with Gasteiger partial charge in [0.2, 0.25) is 0 Å². The molecule has 1 N–H and O–H groups in total. The van der Waals surface area contributed by atoms with E-state index in [-0.39, 0.29) is 12.5 Å². The maximum Gasteiger partial charge on any atom is 0.263 e. The highest BCUT2D eigenvalue weighted by Gasteiger charge is 2.30. The number of nitrogens with zero attached hydrogens (tertiary/aromatic N) is 2. The van der Waals surface area contributed by atoms with E-state index in [1.54, 1.807) is 6.20 Å². The summed E-state index contributed by atoms with van der Waals surface area (Å²) in [5, 5.41) is 7.22. The standard InChI is InChI=1S/C18H23N3O2/c1-12-4-7-16(10-13(12)2)23-11-18(22)20-17-8-9-19-21(17)14(3)15-5-6-15/h4,7-10,14-15H,5-6,11H2,1-3H3,(H,20,22)/t14-/m0/s1. The highest BCUT2D eigenvalue weighted by atomic mass is 16.5. The molecular weight excluding hydrogens is 290 g/mol. The summed E-state index contributed by atoms with van der Waals surface area (Å²) in [6.07, 6.45) is 4.20. The number of hydrogen-bond donors (Lipinski definition) is 1. The number of rotatable bonds is 6. The Bertz CT molecular complexity index is 704. The quantitative estimate of drug-likeness (QED) is 0.888. The number of aromatic nitrogens is 2. The molecule has 1 aromatic carbocycles. The molecule has 1 aliphatic rings. The number of hydrogen-bond acceptors (Lipinski definition) is 3. The monoisotopic (exact) mass is 313 g/mol. The van der Waals surface area contributed by atoms with Gasteiger partial charge in [-0.15, -0.1) is 0 Å².